The normalized spacial score (nSPS) is 11.3. The third kappa shape index (κ3) is 3.93. The first-order chi connectivity index (χ1) is 13.5. The van der Waals surface area contributed by atoms with Crippen LogP contribution in [0.3, 0.4) is 0 Å². The predicted octanol–water partition coefficient (Wildman–Crippen LogP) is 2.01. The van der Waals surface area contributed by atoms with Gasteiger partial charge < -0.3 is 25.3 Å². The average Bonchev–Trinajstić information content (AvgIpc) is 3.16. The highest BCUT2D eigenvalue weighted by Gasteiger charge is 2.15. The molecule has 0 saturated carbocycles. The maximum absolute atomic E-state index is 11.6. The van der Waals surface area contributed by atoms with Crippen LogP contribution in [0, 0.1) is 5.41 Å². The Bertz CT molecular complexity index is 1040. The molecule has 0 unspecified atom stereocenters. The number of hydrogen-bond donors (Lipinski definition) is 3. The molecule has 2 aromatic heterocycles. The fraction of sp³-hybridized carbons (Fsp3) is 0.158. The molecule has 3 aromatic rings. The highest BCUT2D eigenvalue weighted by Crippen LogP contribution is 2.21. The van der Waals surface area contributed by atoms with Crippen molar-refractivity contribution in [3.8, 4) is 11.6 Å². The minimum Gasteiger partial charge on any atom is -0.497 e. The van der Waals surface area contributed by atoms with Crippen LogP contribution in [-0.4, -0.2) is 46.1 Å². The Labute approximate surface area is 160 Å². The molecule has 9 heteroatoms. The molecule has 144 valence electrons. The summed E-state index contributed by atoms with van der Waals surface area (Å²) in [6.07, 6.45) is 4.25. The van der Waals surface area contributed by atoms with Gasteiger partial charge >= 0.3 is 5.97 Å². The molecule has 2 heterocycles. The van der Waals surface area contributed by atoms with E-state index in [4.69, 9.17) is 10.1 Å². The number of allylic oxidation sites excluding steroid dienone is 1. The van der Waals surface area contributed by atoms with Crippen molar-refractivity contribution in [1.29, 1.82) is 5.41 Å². The maximum atomic E-state index is 11.6. The first-order valence-corrected chi connectivity index (χ1v) is 8.30. The molecular formula is C19H19N5O4. The van der Waals surface area contributed by atoms with E-state index >= 15 is 0 Å². The molecule has 0 spiro atoms. The third-order valence-corrected chi connectivity index (χ3v) is 4.00. The number of esters is 1. The van der Waals surface area contributed by atoms with Crippen LogP contribution in [0.1, 0.15) is 21.7 Å². The molecule has 0 aliphatic carbocycles. The van der Waals surface area contributed by atoms with Crippen molar-refractivity contribution in [2.24, 2.45) is 0 Å². The summed E-state index contributed by atoms with van der Waals surface area (Å²) in [6.45, 7) is 0.532. The third-order valence-electron chi connectivity index (χ3n) is 4.00. The Morgan fingerprint density at radius 2 is 2.04 bits per heavy atom. The molecule has 0 amide bonds. The molecule has 0 saturated heterocycles. The highest BCUT2D eigenvalue weighted by molar-refractivity contribution is 6.07. The average molecular weight is 381 g/mol. The van der Waals surface area contributed by atoms with Gasteiger partial charge in [-0.25, -0.2) is 14.3 Å². The second kappa shape index (κ2) is 8.21. The fourth-order valence-electron chi connectivity index (χ4n) is 2.53. The van der Waals surface area contributed by atoms with E-state index in [0.29, 0.717) is 17.8 Å². The van der Waals surface area contributed by atoms with Gasteiger partial charge in [0.15, 0.2) is 5.69 Å². The minimum absolute atomic E-state index is 0.0507. The summed E-state index contributed by atoms with van der Waals surface area (Å²) < 4.78 is 11.1. The van der Waals surface area contributed by atoms with Gasteiger partial charge in [0, 0.05) is 30.6 Å². The van der Waals surface area contributed by atoms with Crippen LogP contribution in [0.25, 0.3) is 11.1 Å². The lowest BCUT2D eigenvalue weighted by Crippen LogP contribution is -2.07. The van der Waals surface area contributed by atoms with Crippen molar-refractivity contribution in [3.63, 3.8) is 0 Å². The van der Waals surface area contributed by atoms with Crippen LogP contribution in [0.4, 0.5) is 0 Å². The summed E-state index contributed by atoms with van der Waals surface area (Å²) in [5.74, 6) is -0.144. The van der Waals surface area contributed by atoms with Crippen molar-refractivity contribution >= 4 is 23.3 Å². The Hall–Kier alpha value is -3.88. The van der Waals surface area contributed by atoms with Gasteiger partial charge in [0.05, 0.1) is 26.1 Å². The van der Waals surface area contributed by atoms with Crippen molar-refractivity contribution in [1.82, 2.24) is 19.9 Å². The van der Waals surface area contributed by atoms with E-state index in [0.717, 1.165) is 17.5 Å². The summed E-state index contributed by atoms with van der Waals surface area (Å²) in [7, 11) is 2.86. The molecular weight excluding hydrogens is 362 g/mol. The quantitative estimate of drug-likeness (QED) is 0.423. The topological polar surface area (TPSA) is 122 Å². The van der Waals surface area contributed by atoms with Gasteiger partial charge in [-0.05, 0) is 17.7 Å². The van der Waals surface area contributed by atoms with Crippen molar-refractivity contribution in [2.75, 3.05) is 14.2 Å². The summed E-state index contributed by atoms with van der Waals surface area (Å²) in [6, 6.07) is 8.97. The number of carbonyl (C=O) groups excluding carboxylic acids is 1. The van der Waals surface area contributed by atoms with Crippen LogP contribution in [0.15, 0.2) is 42.7 Å². The Balaban J connectivity index is 1.82. The molecule has 1 aromatic carbocycles. The van der Waals surface area contributed by atoms with Gasteiger partial charge in [0.25, 0.3) is 0 Å². The second-order valence-electron chi connectivity index (χ2n) is 5.77. The summed E-state index contributed by atoms with van der Waals surface area (Å²) in [4.78, 5) is 15.7. The first-order valence-electron chi connectivity index (χ1n) is 8.30. The molecule has 0 atom stereocenters. The lowest BCUT2D eigenvalue weighted by atomic mass is 10.2. The molecule has 9 nitrogen and oxygen atoms in total. The summed E-state index contributed by atoms with van der Waals surface area (Å²) in [5, 5.41) is 25.0. The van der Waals surface area contributed by atoms with E-state index in [1.54, 1.807) is 13.3 Å². The zero-order valence-electron chi connectivity index (χ0n) is 15.3. The van der Waals surface area contributed by atoms with E-state index in [-0.39, 0.29) is 17.1 Å². The van der Waals surface area contributed by atoms with Crippen LogP contribution in [0.5, 0.6) is 11.6 Å². The smallest absolute Gasteiger partial charge is 0.358 e. The zero-order chi connectivity index (χ0) is 20.1. The second-order valence-corrected chi connectivity index (χ2v) is 5.77. The molecule has 28 heavy (non-hydrogen) atoms. The number of nitrogens with zero attached hydrogens (tertiary/aromatic N) is 3. The molecule has 0 bridgehead atoms. The number of hydrogen-bond acceptors (Lipinski definition) is 8. The number of nitrogens with one attached hydrogen (secondary N) is 2. The zero-order valence-corrected chi connectivity index (χ0v) is 15.3. The number of carbonyl (C=O) groups is 1. The van der Waals surface area contributed by atoms with Crippen molar-refractivity contribution < 1.29 is 19.4 Å². The number of aromatic nitrogens is 3. The lowest BCUT2D eigenvalue weighted by Gasteiger charge is -2.06. The van der Waals surface area contributed by atoms with Gasteiger partial charge in [-0.1, -0.05) is 12.1 Å². The van der Waals surface area contributed by atoms with E-state index in [1.165, 1.54) is 23.9 Å². The lowest BCUT2D eigenvalue weighted by molar-refractivity contribution is 0.0593. The van der Waals surface area contributed by atoms with Crippen LogP contribution >= 0.6 is 0 Å². The van der Waals surface area contributed by atoms with Gasteiger partial charge in [-0.15, -0.1) is 0 Å². The minimum atomic E-state index is -0.617. The van der Waals surface area contributed by atoms with E-state index in [1.807, 2.05) is 24.3 Å². The van der Waals surface area contributed by atoms with Crippen molar-refractivity contribution in [3.05, 3.63) is 59.7 Å². The number of fused-ring (bicyclic) bond motifs is 1. The van der Waals surface area contributed by atoms with E-state index < -0.39 is 5.97 Å². The van der Waals surface area contributed by atoms with Gasteiger partial charge in [0.2, 0.25) is 5.88 Å². The van der Waals surface area contributed by atoms with E-state index in [2.05, 4.69) is 20.1 Å². The van der Waals surface area contributed by atoms with Gasteiger partial charge in [-0.3, -0.25) is 0 Å². The fourth-order valence-corrected chi connectivity index (χ4v) is 2.53. The number of benzene rings is 1. The Morgan fingerprint density at radius 3 is 2.68 bits per heavy atom. The predicted molar refractivity (Wildman–Crippen MR) is 103 cm³/mol. The SMILES string of the molecule is COC(=O)c1cc2c(O)nc(/C(C=N)=C/NCc3ccc(OC)cc3)cn2n1. The number of methoxy groups -OCH3 is 2. The summed E-state index contributed by atoms with van der Waals surface area (Å²) in [5.41, 5.74) is 2.10. The summed E-state index contributed by atoms with van der Waals surface area (Å²) >= 11 is 0. The van der Waals surface area contributed by atoms with Crippen LogP contribution < -0.4 is 10.1 Å². The van der Waals surface area contributed by atoms with Crippen LogP contribution in [0.2, 0.25) is 0 Å². The number of aromatic hydroxyl groups is 1. The molecule has 3 rings (SSSR count). The van der Waals surface area contributed by atoms with Crippen molar-refractivity contribution in [2.45, 2.75) is 6.54 Å². The molecule has 0 radical (unpaired) electrons. The van der Waals surface area contributed by atoms with Gasteiger partial charge in [0.1, 0.15) is 11.3 Å². The Morgan fingerprint density at radius 1 is 1.29 bits per heavy atom. The standard InChI is InChI=1S/C19H19N5O4/c1-27-14-5-3-12(4-6-14)9-21-10-13(8-20)16-11-24-17(18(25)22-16)7-15(23-24)19(26)28-2/h3-8,10-11,20-21H,9H2,1-2H3,(H,22,25)/b13-10+,20-8?. The molecule has 3 N–H and O–H groups in total. The molecule has 0 fully saturated rings. The highest BCUT2D eigenvalue weighted by atomic mass is 16.5. The number of ether oxygens (including phenoxy) is 2. The first kappa shape index (κ1) is 18.9. The monoisotopic (exact) mass is 381 g/mol. The van der Waals surface area contributed by atoms with Crippen LogP contribution in [-0.2, 0) is 11.3 Å². The number of rotatable bonds is 7. The maximum Gasteiger partial charge on any atom is 0.358 e. The van der Waals surface area contributed by atoms with E-state index in [9.17, 15) is 9.90 Å². The van der Waals surface area contributed by atoms with Gasteiger partial charge in [-0.2, -0.15) is 5.10 Å². The molecule has 0 aliphatic heterocycles. The largest absolute Gasteiger partial charge is 0.497 e. The Kier molecular flexibility index (Phi) is 5.54. The molecule has 0 aliphatic rings.